The SMILES string of the molecule is CCC(C)OC(=O)CC=CCC(=O)O. The van der Waals surface area contributed by atoms with Crippen LogP contribution in [0.25, 0.3) is 0 Å². The first-order valence-corrected chi connectivity index (χ1v) is 4.62. The Bertz CT molecular complexity index is 220. The number of carboxylic acid groups (broad SMARTS) is 1. The van der Waals surface area contributed by atoms with Crippen LogP contribution in [0, 0.1) is 0 Å². The summed E-state index contributed by atoms with van der Waals surface area (Å²) in [5.74, 6) is -1.22. The molecule has 0 rings (SSSR count). The smallest absolute Gasteiger partial charge is 0.309 e. The standard InChI is InChI=1S/C10H16O4/c1-3-8(2)14-10(13)7-5-4-6-9(11)12/h4-5,8H,3,6-7H2,1-2H3,(H,11,12). The Morgan fingerprint density at radius 2 is 1.93 bits per heavy atom. The van der Waals surface area contributed by atoms with Crippen LogP contribution in [0.5, 0.6) is 0 Å². The fourth-order valence-electron chi connectivity index (χ4n) is 0.720. The summed E-state index contributed by atoms with van der Waals surface area (Å²) >= 11 is 0. The highest BCUT2D eigenvalue weighted by Gasteiger charge is 2.04. The number of esters is 1. The highest BCUT2D eigenvalue weighted by Crippen LogP contribution is 1.99. The van der Waals surface area contributed by atoms with Crippen molar-refractivity contribution in [2.45, 2.75) is 39.2 Å². The molecule has 0 aliphatic carbocycles. The summed E-state index contributed by atoms with van der Waals surface area (Å²) < 4.78 is 4.97. The van der Waals surface area contributed by atoms with E-state index in [-0.39, 0.29) is 24.9 Å². The van der Waals surface area contributed by atoms with Crippen molar-refractivity contribution in [3.63, 3.8) is 0 Å². The fourth-order valence-corrected chi connectivity index (χ4v) is 0.720. The number of carboxylic acids is 1. The second-order valence-corrected chi connectivity index (χ2v) is 2.98. The van der Waals surface area contributed by atoms with Crippen molar-refractivity contribution < 1.29 is 19.4 Å². The van der Waals surface area contributed by atoms with Gasteiger partial charge in [0.25, 0.3) is 0 Å². The molecule has 0 fully saturated rings. The number of rotatable bonds is 6. The summed E-state index contributed by atoms with van der Waals surface area (Å²) in [6, 6.07) is 0. The molecule has 0 saturated heterocycles. The minimum Gasteiger partial charge on any atom is -0.481 e. The van der Waals surface area contributed by atoms with Gasteiger partial charge in [-0.3, -0.25) is 9.59 Å². The predicted molar refractivity (Wildman–Crippen MR) is 51.9 cm³/mol. The topological polar surface area (TPSA) is 63.6 Å². The van der Waals surface area contributed by atoms with Crippen LogP contribution in [0.2, 0.25) is 0 Å². The van der Waals surface area contributed by atoms with E-state index in [0.717, 1.165) is 6.42 Å². The molecule has 0 aliphatic rings. The van der Waals surface area contributed by atoms with Crippen LogP contribution in [0.1, 0.15) is 33.1 Å². The zero-order valence-corrected chi connectivity index (χ0v) is 8.53. The zero-order chi connectivity index (χ0) is 11.0. The lowest BCUT2D eigenvalue weighted by atomic mass is 10.3. The molecule has 4 heteroatoms. The molecule has 80 valence electrons. The monoisotopic (exact) mass is 200 g/mol. The molecular formula is C10H16O4. The molecule has 0 heterocycles. The van der Waals surface area contributed by atoms with Crippen LogP contribution in [0.3, 0.4) is 0 Å². The maximum atomic E-state index is 11.0. The third-order valence-electron chi connectivity index (χ3n) is 1.65. The molecule has 0 radical (unpaired) electrons. The Hall–Kier alpha value is -1.32. The van der Waals surface area contributed by atoms with E-state index in [4.69, 9.17) is 9.84 Å². The third-order valence-corrected chi connectivity index (χ3v) is 1.65. The highest BCUT2D eigenvalue weighted by atomic mass is 16.5. The van der Waals surface area contributed by atoms with Crippen molar-refractivity contribution in [2.24, 2.45) is 0 Å². The summed E-state index contributed by atoms with van der Waals surface area (Å²) in [6.07, 6.45) is 3.74. The van der Waals surface area contributed by atoms with Gasteiger partial charge in [-0.15, -0.1) is 0 Å². The van der Waals surface area contributed by atoms with Crippen LogP contribution in [0.15, 0.2) is 12.2 Å². The minimum absolute atomic E-state index is 0.0589. The van der Waals surface area contributed by atoms with Gasteiger partial charge >= 0.3 is 11.9 Å². The van der Waals surface area contributed by atoms with E-state index in [9.17, 15) is 9.59 Å². The molecule has 0 spiro atoms. The van der Waals surface area contributed by atoms with Crippen LogP contribution < -0.4 is 0 Å². The van der Waals surface area contributed by atoms with E-state index in [1.54, 1.807) is 0 Å². The molecule has 14 heavy (non-hydrogen) atoms. The number of aliphatic carboxylic acids is 1. The molecule has 4 nitrogen and oxygen atoms in total. The summed E-state index contributed by atoms with van der Waals surface area (Å²) in [7, 11) is 0. The molecule has 0 amide bonds. The molecule has 0 aromatic carbocycles. The quantitative estimate of drug-likeness (QED) is 0.524. The van der Waals surface area contributed by atoms with Gasteiger partial charge in [0.05, 0.1) is 18.9 Å². The second kappa shape index (κ2) is 7.12. The average molecular weight is 200 g/mol. The van der Waals surface area contributed by atoms with Crippen LogP contribution in [-0.2, 0) is 14.3 Å². The number of ether oxygens (including phenoxy) is 1. The molecule has 0 aromatic heterocycles. The molecule has 0 aliphatic heterocycles. The Morgan fingerprint density at radius 1 is 1.36 bits per heavy atom. The Balaban J connectivity index is 3.63. The first-order valence-electron chi connectivity index (χ1n) is 4.62. The van der Waals surface area contributed by atoms with E-state index < -0.39 is 5.97 Å². The molecule has 0 aromatic rings. The maximum absolute atomic E-state index is 11.0. The average Bonchev–Trinajstić information content (AvgIpc) is 2.12. The first kappa shape index (κ1) is 12.7. The van der Waals surface area contributed by atoms with Crippen LogP contribution in [-0.4, -0.2) is 23.1 Å². The molecule has 1 N–H and O–H groups in total. The van der Waals surface area contributed by atoms with Crippen LogP contribution >= 0.6 is 0 Å². The molecule has 0 bridgehead atoms. The summed E-state index contributed by atoms with van der Waals surface area (Å²) in [5.41, 5.74) is 0. The number of carbonyl (C=O) groups is 2. The predicted octanol–water partition coefficient (Wildman–Crippen LogP) is 1.75. The molecular weight excluding hydrogens is 184 g/mol. The second-order valence-electron chi connectivity index (χ2n) is 2.98. The normalized spacial score (nSPS) is 12.7. The van der Waals surface area contributed by atoms with Gasteiger partial charge in [-0.05, 0) is 13.3 Å². The molecule has 1 unspecified atom stereocenters. The minimum atomic E-state index is -0.906. The van der Waals surface area contributed by atoms with Crippen molar-refractivity contribution >= 4 is 11.9 Å². The van der Waals surface area contributed by atoms with Gasteiger partial charge in [0.2, 0.25) is 0 Å². The third kappa shape index (κ3) is 7.34. The molecule has 0 saturated carbocycles. The van der Waals surface area contributed by atoms with E-state index in [0.29, 0.717) is 0 Å². The van der Waals surface area contributed by atoms with Crippen molar-refractivity contribution in [1.29, 1.82) is 0 Å². The van der Waals surface area contributed by atoms with Gasteiger partial charge in [-0.1, -0.05) is 19.1 Å². The summed E-state index contributed by atoms with van der Waals surface area (Å²) in [4.78, 5) is 21.1. The number of hydrogen-bond donors (Lipinski definition) is 1. The highest BCUT2D eigenvalue weighted by molar-refractivity contribution is 5.72. The first-order chi connectivity index (χ1) is 6.56. The Morgan fingerprint density at radius 3 is 2.43 bits per heavy atom. The fraction of sp³-hybridized carbons (Fsp3) is 0.600. The lowest BCUT2D eigenvalue weighted by Crippen LogP contribution is -2.12. The summed E-state index contributed by atoms with van der Waals surface area (Å²) in [6.45, 7) is 3.75. The number of hydrogen-bond acceptors (Lipinski definition) is 3. The van der Waals surface area contributed by atoms with Crippen molar-refractivity contribution in [2.75, 3.05) is 0 Å². The lowest BCUT2D eigenvalue weighted by Gasteiger charge is -2.08. The largest absolute Gasteiger partial charge is 0.481 e. The van der Waals surface area contributed by atoms with E-state index >= 15 is 0 Å². The van der Waals surface area contributed by atoms with Gasteiger partial charge in [0.15, 0.2) is 0 Å². The molecule has 1 atom stereocenters. The van der Waals surface area contributed by atoms with Gasteiger partial charge in [-0.25, -0.2) is 0 Å². The van der Waals surface area contributed by atoms with E-state index in [2.05, 4.69) is 0 Å². The summed E-state index contributed by atoms with van der Waals surface area (Å²) in [5, 5.41) is 8.29. The Kier molecular flexibility index (Phi) is 6.45. The van der Waals surface area contributed by atoms with Gasteiger partial charge < -0.3 is 9.84 Å². The van der Waals surface area contributed by atoms with Crippen molar-refractivity contribution in [3.05, 3.63) is 12.2 Å². The van der Waals surface area contributed by atoms with Crippen molar-refractivity contribution in [3.8, 4) is 0 Å². The van der Waals surface area contributed by atoms with Gasteiger partial charge in [-0.2, -0.15) is 0 Å². The van der Waals surface area contributed by atoms with Gasteiger partial charge in [0.1, 0.15) is 0 Å². The number of carbonyl (C=O) groups excluding carboxylic acids is 1. The van der Waals surface area contributed by atoms with Crippen molar-refractivity contribution in [1.82, 2.24) is 0 Å². The van der Waals surface area contributed by atoms with Gasteiger partial charge in [0, 0.05) is 0 Å². The Labute approximate surface area is 83.6 Å². The zero-order valence-electron chi connectivity index (χ0n) is 8.53. The lowest BCUT2D eigenvalue weighted by molar-refractivity contribution is -0.147. The maximum Gasteiger partial charge on any atom is 0.309 e. The van der Waals surface area contributed by atoms with E-state index in [1.165, 1.54) is 12.2 Å². The van der Waals surface area contributed by atoms with Crippen LogP contribution in [0.4, 0.5) is 0 Å². The van der Waals surface area contributed by atoms with E-state index in [1.807, 2.05) is 13.8 Å².